The van der Waals surface area contributed by atoms with Gasteiger partial charge >= 0.3 is 5.97 Å². The molecule has 2 N–H and O–H groups in total. The summed E-state index contributed by atoms with van der Waals surface area (Å²) in [5.41, 5.74) is 0.756. The van der Waals surface area contributed by atoms with Crippen LogP contribution >= 0.6 is 11.6 Å². The smallest absolute Gasteiger partial charge is 0.303 e. The molecule has 0 bridgehead atoms. The quantitative estimate of drug-likeness (QED) is 0.682. The van der Waals surface area contributed by atoms with E-state index in [4.69, 9.17) is 26.2 Å². The maximum Gasteiger partial charge on any atom is 0.303 e. The molecule has 6 nitrogen and oxygen atoms in total. The molecule has 0 spiro atoms. The van der Waals surface area contributed by atoms with Gasteiger partial charge in [0, 0.05) is 13.0 Å². The highest BCUT2D eigenvalue weighted by atomic mass is 35.5. The Hall–Kier alpha value is -1.95. The van der Waals surface area contributed by atoms with E-state index in [-0.39, 0.29) is 25.3 Å². The van der Waals surface area contributed by atoms with Gasteiger partial charge in [0.15, 0.2) is 11.5 Å². The molecule has 0 radical (unpaired) electrons. The van der Waals surface area contributed by atoms with Crippen molar-refractivity contribution in [2.45, 2.75) is 39.7 Å². The van der Waals surface area contributed by atoms with Crippen LogP contribution in [0.4, 0.5) is 0 Å². The molecule has 0 aromatic heterocycles. The molecule has 128 valence electrons. The van der Waals surface area contributed by atoms with Crippen LogP contribution in [-0.2, 0) is 16.1 Å². The first-order valence-corrected chi connectivity index (χ1v) is 7.92. The van der Waals surface area contributed by atoms with Gasteiger partial charge in [-0.25, -0.2) is 0 Å². The summed E-state index contributed by atoms with van der Waals surface area (Å²) in [4.78, 5) is 22.0. The molecule has 0 saturated heterocycles. The van der Waals surface area contributed by atoms with E-state index >= 15 is 0 Å². The Morgan fingerprint density at radius 1 is 1.22 bits per heavy atom. The third kappa shape index (κ3) is 6.78. The zero-order valence-electron chi connectivity index (χ0n) is 13.4. The van der Waals surface area contributed by atoms with Crippen molar-refractivity contribution in [3.8, 4) is 11.5 Å². The third-order valence-corrected chi connectivity index (χ3v) is 3.16. The lowest BCUT2D eigenvalue weighted by Gasteiger charge is -2.15. The van der Waals surface area contributed by atoms with E-state index in [1.165, 1.54) is 0 Å². The third-order valence-electron chi connectivity index (χ3n) is 2.88. The topological polar surface area (TPSA) is 84.9 Å². The summed E-state index contributed by atoms with van der Waals surface area (Å²) >= 11 is 6.23. The number of rotatable bonds is 10. The SMILES string of the molecule is CCCOc1c(Cl)cc(CNC(=O)CCC(=O)O)cc1OCC. The van der Waals surface area contributed by atoms with Crippen LogP contribution in [0.1, 0.15) is 38.7 Å². The number of halogens is 1. The summed E-state index contributed by atoms with van der Waals surface area (Å²) in [6, 6.07) is 3.46. The van der Waals surface area contributed by atoms with Gasteiger partial charge in [-0.15, -0.1) is 0 Å². The van der Waals surface area contributed by atoms with Crippen LogP contribution in [0.2, 0.25) is 5.02 Å². The second-order valence-corrected chi connectivity index (χ2v) is 5.26. The van der Waals surface area contributed by atoms with Gasteiger partial charge in [-0.1, -0.05) is 18.5 Å². The first kappa shape index (κ1) is 19.1. The molecule has 0 unspecified atom stereocenters. The van der Waals surface area contributed by atoms with Crippen LogP contribution < -0.4 is 14.8 Å². The number of ether oxygens (including phenoxy) is 2. The van der Waals surface area contributed by atoms with Crippen LogP contribution in [-0.4, -0.2) is 30.2 Å². The summed E-state index contributed by atoms with van der Waals surface area (Å²) in [5.74, 6) is -0.299. The molecule has 0 aliphatic rings. The van der Waals surface area contributed by atoms with E-state index in [0.717, 1.165) is 12.0 Å². The predicted octanol–water partition coefficient (Wildman–Crippen LogP) is 3.01. The molecular weight excluding hydrogens is 322 g/mol. The number of carboxylic acids is 1. The fraction of sp³-hybridized carbons (Fsp3) is 0.500. The second-order valence-electron chi connectivity index (χ2n) is 4.86. The van der Waals surface area contributed by atoms with Crippen LogP contribution in [0.15, 0.2) is 12.1 Å². The number of carbonyl (C=O) groups is 2. The number of hydrogen-bond donors (Lipinski definition) is 2. The first-order valence-electron chi connectivity index (χ1n) is 7.54. The summed E-state index contributed by atoms with van der Waals surface area (Å²) < 4.78 is 11.1. The van der Waals surface area contributed by atoms with Gasteiger partial charge in [0.1, 0.15) is 0 Å². The molecule has 0 aliphatic carbocycles. The van der Waals surface area contributed by atoms with Crippen molar-refractivity contribution in [2.75, 3.05) is 13.2 Å². The van der Waals surface area contributed by atoms with E-state index in [2.05, 4.69) is 5.32 Å². The summed E-state index contributed by atoms with van der Waals surface area (Å²) in [6.07, 6.45) is 0.600. The zero-order chi connectivity index (χ0) is 17.2. The van der Waals surface area contributed by atoms with Crippen molar-refractivity contribution in [1.29, 1.82) is 0 Å². The van der Waals surface area contributed by atoms with Gasteiger partial charge in [0.25, 0.3) is 0 Å². The average molecular weight is 344 g/mol. The van der Waals surface area contributed by atoms with Crippen molar-refractivity contribution in [3.63, 3.8) is 0 Å². The number of benzene rings is 1. The Morgan fingerprint density at radius 3 is 2.57 bits per heavy atom. The van der Waals surface area contributed by atoms with E-state index < -0.39 is 5.97 Å². The Morgan fingerprint density at radius 2 is 1.96 bits per heavy atom. The fourth-order valence-electron chi connectivity index (χ4n) is 1.84. The van der Waals surface area contributed by atoms with E-state index in [9.17, 15) is 9.59 Å². The van der Waals surface area contributed by atoms with Crippen LogP contribution in [0.5, 0.6) is 11.5 Å². The van der Waals surface area contributed by atoms with Crippen LogP contribution in [0, 0.1) is 0 Å². The molecule has 1 aromatic carbocycles. The molecule has 23 heavy (non-hydrogen) atoms. The normalized spacial score (nSPS) is 10.2. The van der Waals surface area contributed by atoms with Gasteiger partial charge in [0.05, 0.1) is 24.7 Å². The van der Waals surface area contributed by atoms with Gasteiger partial charge in [-0.3, -0.25) is 9.59 Å². The predicted molar refractivity (Wildman–Crippen MR) is 87.1 cm³/mol. The maximum absolute atomic E-state index is 11.6. The molecule has 0 heterocycles. The van der Waals surface area contributed by atoms with Crippen molar-refractivity contribution in [1.82, 2.24) is 5.32 Å². The van der Waals surface area contributed by atoms with Gasteiger partial charge in [0.2, 0.25) is 5.91 Å². The van der Waals surface area contributed by atoms with E-state index in [0.29, 0.717) is 29.7 Å². The molecule has 1 aromatic rings. The van der Waals surface area contributed by atoms with Crippen molar-refractivity contribution < 1.29 is 24.2 Å². The van der Waals surface area contributed by atoms with Crippen molar-refractivity contribution >= 4 is 23.5 Å². The Kier molecular flexibility index (Phi) is 8.26. The van der Waals surface area contributed by atoms with Crippen LogP contribution in [0.3, 0.4) is 0 Å². The minimum atomic E-state index is -1.00. The molecule has 7 heteroatoms. The average Bonchev–Trinajstić information content (AvgIpc) is 2.50. The lowest BCUT2D eigenvalue weighted by molar-refractivity contribution is -0.138. The van der Waals surface area contributed by atoms with Crippen molar-refractivity contribution in [2.24, 2.45) is 0 Å². The van der Waals surface area contributed by atoms with Gasteiger partial charge in [-0.2, -0.15) is 0 Å². The molecule has 0 saturated carbocycles. The minimum Gasteiger partial charge on any atom is -0.490 e. The molecule has 1 rings (SSSR count). The Bertz CT molecular complexity index is 548. The fourth-order valence-corrected chi connectivity index (χ4v) is 2.13. The monoisotopic (exact) mass is 343 g/mol. The number of aliphatic carboxylic acids is 1. The molecular formula is C16H22ClNO5. The first-order chi connectivity index (χ1) is 11.0. The second kappa shape index (κ2) is 9.94. The zero-order valence-corrected chi connectivity index (χ0v) is 14.1. The summed E-state index contributed by atoms with van der Waals surface area (Å²) in [7, 11) is 0. The standard InChI is InChI=1S/C16H22ClNO5/c1-3-7-23-16-12(17)8-11(9-13(16)22-4-2)10-18-14(19)5-6-15(20)21/h8-9H,3-7,10H2,1-2H3,(H,18,19)(H,20,21). The van der Waals surface area contributed by atoms with Crippen molar-refractivity contribution in [3.05, 3.63) is 22.7 Å². The number of carboxylic acid groups (broad SMARTS) is 1. The Balaban J connectivity index is 2.75. The van der Waals surface area contributed by atoms with Crippen LogP contribution in [0.25, 0.3) is 0 Å². The van der Waals surface area contributed by atoms with Gasteiger partial charge < -0.3 is 19.9 Å². The van der Waals surface area contributed by atoms with E-state index in [1.54, 1.807) is 12.1 Å². The Labute approximate surface area is 140 Å². The minimum absolute atomic E-state index is 0.0565. The molecule has 0 atom stereocenters. The highest BCUT2D eigenvalue weighted by Crippen LogP contribution is 2.36. The number of amides is 1. The molecule has 1 amide bonds. The summed E-state index contributed by atoms with van der Waals surface area (Å²) in [5, 5.41) is 11.6. The molecule has 0 fully saturated rings. The lowest BCUT2D eigenvalue weighted by Crippen LogP contribution is -2.23. The largest absolute Gasteiger partial charge is 0.490 e. The summed E-state index contributed by atoms with van der Waals surface area (Å²) in [6.45, 7) is 5.09. The highest BCUT2D eigenvalue weighted by molar-refractivity contribution is 6.32. The maximum atomic E-state index is 11.6. The number of nitrogens with one attached hydrogen (secondary N) is 1. The lowest BCUT2D eigenvalue weighted by atomic mass is 10.2. The van der Waals surface area contributed by atoms with Gasteiger partial charge in [-0.05, 0) is 31.0 Å². The number of hydrogen-bond acceptors (Lipinski definition) is 4. The molecule has 0 aliphatic heterocycles. The number of carbonyl (C=O) groups excluding carboxylic acids is 1. The highest BCUT2D eigenvalue weighted by Gasteiger charge is 2.13. The van der Waals surface area contributed by atoms with E-state index in [1.807, 2.05) is 13.8 Å².